The minimum absolute atomic E-state index is 0.826. The number of hydrogen-bond acceptors (Lipinski definition) is 1. The van der Waals surface area contributed by atoms with Crippen LogP contribution < -0.4 is 0 Å². The highest BCUT2D eigenvalue weighted by atomic mass is 15.1. The van der Waals surface area contributed by atoms with Gasteiger partial charge in [-0.05, 0) is 37.6 Å². The van der Waals surface area contributed by atoms with E-state index in [1.54, 1.807) is 0 Å². The van der Waals surface area contributed by atoms with Crippen LogP contribution in [0.3, 0.4) is 0 Å². The Bertz CT molecular complexity index is 127. The summed E-state index contributed by atoms with van der Waals surface area (Å²) in [7, 11) is 2.26. The molecular formula is C11H23N. The lowest BCUT2D eigenvalue weighted by molar-refractivity contribution is 0.242. The van der Waals surface area contributed by atoms with Crippen molar-refractivity contribution in [2.75, 3.05) is 20.1 Å². The Kier molecular flexibility index (Phi) is 3.57. The normalized spacial score (nSPS) is 20.5. The second-order valence-electron chi connectivity index (χ2n) is 4.89. The monoisotopic (exact) mass is 169 g/mol. The van der Waals surface area contributed by atoms with Gasteiger partial charge in [0.15, 0.2) is 0 Å². The molecule has 0 radical (unpaired) electrons. The van der Waals surface area contributed by atoms with Crippen LogP contribution in [-0.2, 0) is 0 Å². The molecule has 0 unspecified atom stereocenters. The van der Waals surface area contributed by atoms with Gasteiger partial charge < -0.3 is 4.90 Å². The van der Waals surface area contributed by atoms with Crippen LogP contribution in [0.1, 0.15) is 33.6 Å². The lowest BCUT2D eigenvalue weighted by atomic mass is 9.98. The summed E-state index contributed by atoms with van der Waals surface area (Å²) in [5, 5.41) is 0. The summed E-state index contributed by atoms with van der Waals surface area (Å²) in [5.41, 5.74) is 0. The van der Waals surface area contributed by atoms with E-state index in [9.17, 15) is 0 Å². The summed E-state index contributed by atoms with van der Waals surface area (Å²) in [4.78, 5) is 2.50. The van der Waals surface area contributed by atoms with E-state index >= 15 is 0 Å². The first-order valence-electron chi connectivity index (χ1n) is 5.28. The average Bonchev–Trinajstić information content (AvgIpc) is 2.71. The molecule has 12 heavy (non-hydrogen) atoms. The zero-order valence-electron chi connectivity index (χ0n) is 9.01. The molecule has 1 saturated carbocycles. The second-order valence-corrected chi connectivity index (χ2v) is 4.89. The Morgan fingerprint density at radius 1 is 1.25 bits per heavy atom. The van der Waals surface area contributed by atoms with Gasteiger partial charge in [-0.25, -0.2) is 0 Å². The minimum atomic E-state index is 0.826. The Hall–Kier alpha value is -0.0400. The molecule has 1 fully saturated rings. The first-order valence-corrected chi connectivity index (χ1v) is 5.28. The third-order valence-corrected chi connectivity index (χ3v) is 3.00. The van der Waals surface area contributed by atoms with Gasteiger partial charge in [0.05, 0.1) is 0 Å². The molecule has 1 aliphatic carbocycles. The zero-order valence-corrected chi connectivity index (χ0v) is 9.01. The van der Waals surface area contributed by atoms with Crippen molar-refractivity contribution < 1.29 is 0 Å². The van der Waals surface area contributed by atoms with Gasteiger partial charge in [0, 0.05) is 13.1 Å². The fraction of sp³-hybridized carbons (Fsp3) is 1.00. The maximum atomic E-state index is 2.50. The van der Waals surface area contributed by atoms with Crippen LogP contribution in [0.15, 0.2) is 0 Å². The molecule has 1 aliphatic rings. The fourth-order valence-electron chi connectivity index (χ4n) is 1.52. The summed E-state index contributed by atoms with van der Waals surface area (Å²) in [6.07, 6.45) is 2.95. The Labute approximate surface area is 77.1 Å². The molecule has 0 aromatic heterocycles. The largest absolute Gasteiger partial charge is 0.306 e. The molecule has 0 spiro atoms. The van der Waals surface area contributed by atoms with Gasteiger partial charge >= 0.3 is 0 Å². The van der Waals surface area contributed by atoms with Crippen LogP contribution >= 0.6 is 0 Å². The van der Waals surface area contributed by atoms with Gasteiger partial charge in [0.2, 0.25) is 0 Å². The molecule has 1 nitrogen and oxygen atoms in total. The fourth-order valence-corrected chi connectivity index (χ4v) is 1.52. The summed E-state index contributed by atoms with van der Waals surface area (Å²) < 4.78 is 0. The molecule has 0 amide bonds. The van der Waals surface area contributed by atoms with Crippen LogP contribution in [0.2, 0.25) is 0 Å². The highest BCUT2D eigenvalue weighted by Crippen LogP contribution is 2.29. The first kappa shape index (κ1) is 10.0. The third kappa shape index (κ3) is 3.57. The first-order chi connectivity index (χ1) is 5.59. The standard InChI is InChI=1S/C11H23N/c1-9(2)10(3)7-12(4)8-11-5-6-11/h9-11H,5-8H2,1-4H3/t10-/m0/s1. The van der Waals surface area contributed by atoms with E-state index in [-0.39, 0.29) is 0 Å². The maximum absolute atomic E-state index is 2.50. The molecule has 1 rings (SSSR count). The minimum Gasteiger partial charge on any atom is -0.306 e. The molecule has 0 aromatic rings. The van der Waals surface area contributed by atoms with Gasteiger partial charge in [-0.2, -0.15) is 0 Å². The maximum Gasteiger partial charge on any atom is 0.000673 e. The van der Waals surface area contributed by atoms with Crippen molar-refractivity contribution in [3.05, 3.63) is 0 Å². The topological polar surface area (TPSA) is 3.24 Å². The van der Waals surface area contributed by atoms with Crippen molar-refractivity contribution in [2.45, 2.75) is 33.6 Å². The molecule has 0 bridgehead atoms. The van der Waals surface area contributed by atoms with Crippen LogP contribution in [0.4, 0.5) is 0 Å². The molecule has 1 atom stereocenters. The van der Waals surface area contributed by atoms with Crippen LogP contribution in [0.25, 0.3) is 0 Å². The van der Waals surface area contributed by atoms with E-state index in [4.69, 9.17) is 0 Å². The quantitative estimate of drug-likeness (QED) is 0.611. The van der Waals surface area contributed by atoms with Crippen molar-refractivity contribution in [1.82, 2.24) is 4.90 Å². The molecule has 0 aliphatic heterocycles. The molecule has 0 saturated heterocycles. The highest BCUT2D eigenvalue weighted by molar-refractivity contribution is 4.76. The van der Waals surface area contributed by atoms with Gasteiger partial charge in [-0.15, -0.1) is 0 Å². The van der Waals surface area contributed by atoms with Crippen molar-refractivity contribution >= 4 is 0 Å². The second kappa shape index (κ2) is 4.27. The van der Waals surface area contributed by atoms with E-state index in [2.05, 4.69) is 32.7 Å². The summed E-state index contributed by atoms with van der Waals surface area (Å²) in [6.45, 7) is 9.59. The van der Waals surface area contributed by atoms with Crippen molar-refractivity contribution in [2.24, 2.45) is 17.8 Å². The van der Waals surface area contributed by atoms with E-state index in [1.807, 2.05) is 0 Å². The van der Waals surface area contributed by atoms with Crippen molar-refractivity contribution in [3.63, 3.8) is 0 Å². The third-order valence-electron chi connectivity index (χ3n) is 3.00. The summed E-state index contributed by atoms with van der Waals surface area (Å²) >= 11 is 0. The Morgan fingerprint density at radius 2 is 1.83 bits per heavy atom. The SMILES string of the molecule is CC(C)[C@@H](C)CN(C)CC1CC1. The Balaban J connectivity index is 2.10. The lowest BCUT2D eigenvalue weighted by Gasteiger charge is -2.23. The van der Waals surface area contributed by atoms with Crippen molar-refractivity contribution in [3.8, 4) is 0 Å². The Morgan fingerprint density at radius 3 is 2.25 bits per heavy atom. The number of hydrogen-bond donors (Lipinski definition) is 0. The van der Waals surface area contributed by atoms with E-state index in [0.29, 0.717) is 0 Å². The van der Waals surface area contributed by atoms with Crippen molar-refractivity contribution in [1.29, 1.82) is 0 Å². The predicted molar refractivity (Wildman–Crippen MR) is 54.2 cm³/mol. The van der Waals surface area contributed by atoms with Crippen LogP contribution in [-0.4, -0.2) is 25.0 Å². The number of rotatable bonds is 5. The smallest absolute Gasteiger partial charge is 0.000673 e. The molecular weight excluding hydrogens is 146 g/mol. The highest BCUT2D eigenvalue weighted by Gasteiger charge is 2.23. The molecule has 0 N–H and O–H groups in total. The van der Waals surface area contributed by atoms with Gasteiger partial charge in [-0.3, -0.25) is 0 Å². The molecule has 0 aromatic carbocycles. The van der Waals surface area contributed by atoms with E-state index < -0.39 is 0 Å². The molecule has 72 valence electrons. The molecule has 1 heteroatoms. The average molecular weight is 169 g/mol. The van der Waals surface area contributed by atoms with E-state index in [0.717, 1.165) is 17.8 Å². The zero-order chi connectivity index (χ0) is 9.14. The van der Waals surface area contributed by atoms with Gasteiger partial charge in [0.1, 0.15) is 0 Å². The van der Waals surface area contributed by atoms with Gasteiger partial charge in [-0.1, -0.05) is 20.8 Å². The van der Waals surface area contributed by atoms with Gasteiger partial charge in [0.25, 0.3) is 0 Å². The predicted octanol–water partition coefficient (Wildman–Crippen LogP) is 2.62. The number of nitrogens with zero attached hydrogens (tertiary/aromatic N) is 1. The lowest BCUT2D eigenvalue weighted by Crippen LogP contribution is -2.28. The van der Waals surface area contributed by atoms with Crippen LogP contribution in [0, 0.1) is 17.8 Å². The van der Waals surface area contributed by atoms with Crippen LogP contribution in [0.5, 0.6) is 0 Å². The summed E-state index contributed by atoms with van der Waals surface area (Å²) in [5.74, 6) is 2.70. The van der Waals surface area contributed by atoms with E-state index in [1.165, 1.54) is 25.9 Å². The molecule has 0 heterocycles. The summed E-state index contributed by atoms with van der Waals surface area (Å²) in [6, 6.07) is 0.